The number of nitrogens with two attached hydrogens (primary N) is 1. The Morgan fingerprint density at radius 1 is 1.00 bits per heavy atom. The van der Waals surface area contributed by atoms with Crippen molar-refractivity contribution < 1.29 is 14.3 Å². The van der Waals surface area contributed by atoms with Crippen LogP contribution in [0.2, 0.25) is 0 Å². The number of carbonyl (C=O) groups excluding carboxylic acids is 1. The van der Waals surface area contributed by atoms with Crippen molar-refractivity contribution in [1.29, 1.82) is 0 Å². The number of carbonyl (C=O) groups is 1. The Kier molecular flexibility index (Phi) is 7.19. The molecule has 5 heteroatoms. The van der Waals surface area contributed by atoms with Crippen LogP contribution in [-0.2, 0) is 0 Å². The molecule has 0 saturated heterocycles. The van der Waals surface area contributed by atoms with Crippen molar-refractivity contribution in [3.05, 3.63) is 83.9 Å². The monoisotopic (exact) mass is 407 g/mol. The summed E-state index contributed by atoms with van der Waals surface area (Å²) in [5.74, 6) is 1.43. The molecule has 0 spiro atoms. The lowest BCUT2D eigenvalue weighted by atomic mass is 10.0. The first kappa shape index (κ1) is 20.8. The predicted octanol–water partition coefficient (Wildman–Crippen LogP) is 5.78. The van der Waals surface area contributed by atoms with Crippen LogP contribution in [0.5, 0.6) is 11.5 Å². The molecule has 3 rings (SSSR count). The van der Waals surface area contributed by atoms with Crippen LogP contribution in [0.4, 0.5) is 5.69 Å². The highest BCUT2D eigenvalue weighted by Gasteiger charge is 2.21. The SMILES string of the molecule is CCOc1ccc(C(CC(=O)c2ccccc2)Sc2ccccc2N)cc1OC. The molecule has 1 unspecified atom stereocenters. The molecule has 3 aromatic rings. The third kappa shape index (κ3) is 5.33. The average Bonchev–Trinajstić information content (AvgIpc) is 2.76. The number of rotatable bonds is 9. The summed E-state index contributed by atoms with van der Waals surface area (Å²) in [5.41, 5.74) is 8.55. The van der Waals surface area contributed by atoms with Crippen molar-refractivity contribution in [2.24, 2.45) is 0 Å². The van der Waals surface area contributed by atoms with Crippen molar-refractivity contribution in [1.82, 2.24) is 0 Å². The van der Waals surface area contributed by atoms with Crippen molar-refractivity contribution in [3.63, 3.8) is 0 Å². The normalized spacial score (nSPS) is 11.7. The van der Waals surface area contributed by atoms with Crippen LogP contribution in [0.25, 0.3) is 0 Å². The van der Waals surface area contributed by atoms with Gasteiger partial charge in [-0.3, -0.25) is 4.79 Å². The first-order valence-corrected chi connectivity index (χ1v) is 10.4. The van der Waals surface area contributed by atoms with Gasteiger partial charge in [-0.1, -0.05) is 48.5 Å². The molecule has 0 saturated carbocycles. The number of ketones is 1. The van der Waals surface area contributed by atoms with E-state index in [9.17, 15) is 4.79 Å². The second-order valence-corrected chi connectivity index (χ2v) is 7.73. The number of para-hydroxylation sites is 1. The van der Waals surface area contributed by atoms with Gasteiger partial charge in [-0.25, -0.2) is 0 Å². The van der Waals surface area contributed by atoms with Crippen LogP contribution >= 0.6 is 11.8 Å². The third-order valence-electron chi connectivity index (χ3n) is 4.51. The summed E-state index contributed by atoms with van der Waals surface area (Å²) in [6.45, 7) is 2.49. The zero-order valence-corrected chi connectivity index (χ0v) is 17.4. The Hall–Kier alpha value is -2.92. The second kappa shape index (κ2) is 10.0. The fraction of sp³-hybridized carbons (Fsp3) is 0.208. The molecule has 1 atom stereocenters. The second-order valence-electron chi connectivity index (χ2n) is 6.48. The van der Waals surface area contributed by atoms with E-state index >= 15 is 0 Å². The number of hydrogen-bond donors (Lipinski definition) is 1. The van der Waals surface area contributed by atoms with E-state index in [0.717, 1.165) is 10.5 Å². The Labute approximate surface area is 176 Å². The maximum atomic E-state index is 12.9. The zero-order valence-electron chi connectivity index (χ0n) is 16.6. The van der Waals surface area contributed by atoms with E-state index in [1.165, 1.54) is 0 Å². The molecule has 0 aliphatic heterocycles. The summed E-state index contributed by atoms with van der Waals surface area (Å²) in [6, 6.07) is 22.9. The molecule has 4 nitrogen and oxygen atoms in total. The number of hydrogen-bond acceptors (Lipinski definition) is 5. The summed E-state index contributed by atoms with van der Waals surface area (Å²) in [5, 5.41) is -0.114. The van der Waals surface area contributed by atoms with Gasteiger partial charge in [0.25, 0.3) is 0 Å². The van der Waals surface area contributed by atoms with E-state index in [1.54, 1.807) is 18.9 Å². The van der Waals surface area contributed by atoms with Gasteiger partial charge in [0, 0.05) is 27.8 Å². The minimum atomic E-state index is -0.114. The van der Waals surface area contributed by atoms with Crippen LogP contribution in [0.15, 0.2) is 77.7 Å². The maximum Gasteiger partial charge on any atom is 0.164 e. The van der Waals surface area contributed by atoms with E-state index in [-0.39, 0.29) is 11.0 Å². The highest BCUT2D eigenvalue weighted by Crippen LogP contribution is 2.43. The fourth-order valence-electron chi connectivity index (χ4n) is 3.04. The molecule has 2 N–H and O–H groups in total. The van der Waals surface area contributed by atoms with Crippen LogP contribution in [0.3, 0.4) is 0 Å². The topological polar surface area (TPSA) is 61.5 Å². The third-order valence-corrected chi connectivity index (χ3v) is 5.86. The minimum Gasteiger partial charge on any atom is -0.493 e. The first-order valence-electron chi connectivity index (χ1n) is 9.52. The van der Waals surface area contributed by atoms with Gasteiger partial charge >= 0.3 is 0 Å². The number of thioether (sulfide) groups is 1. The number of nitrogen functional groups attached to an aromatic ring is 1. The van der Waals surface area contributed by atoms with Crippen molar-refractivity contribution in [3.8, 4) is 11.5 Å². The molecule has 0 fully saturated rings. The Balaban J connectivity index is 1.94. The average molecular weight is 408 g/mol. The van der Waals surface area contributed by atoms with E-state index in [4.69, 9.17) is 15.2 Å². The van der Waals surface area contributed by atoms with Gasteiger partial charge in [-0.05, 0) is 36.8 Å². The van der Waals surface area contributed by atoms with E-state index in [2.05, 4.69) is 0 Å². The van der Waals surface area contributed by atoms with Crippen molar-refractivity contribution >= 4 is 23.2 Å². The number of Topliss-reactive ketones (excluding diaryl/α,β-unsaturated/α-hetero) is 1. The highest BCUT2D eigenvalue weighted by molar-refractivity contribution is 7.99. The number of methoxy groups -OCH3 is 1. The van der Waals surface area contributed by atoms with Gasteiger partial charge in [-0.2, -0.15) is 0 Å². The van der Waals surface area contributed by atoms with Gasteiger partial charge in [0.15, 0.2) is 17.3 Å². The van der Waals surface area contributed by atoms with Crippen LogP contribution in [0, 0.1) is 0 Å². The van der Waals surface area contributed by atoms with Crippen LogP contribution in [0.1, 0.15) is 34.5 Å². The first-order chi connectivity index (χ1) is 14.1. The largest absolute Gasteiger partial charge is 0.493 e. The molecule has 0 aromatic heterocycles. The predicted molar refractivity (Wildman–Crippen MR) is 119 cm³/mol. The Morgan fingerprint density at radius 2 is 1.72 bits per heavy atom. The highest BCUT2D eigenvalue weighted by atomic mass is 32.2. The summed E-state index contributed by atoms with van der Waals surface area (Å²) in [7, 11) is 1.62. The van der Waals surface area contributed by atoms with E-state index < -0.39 is 0 Å². The molecule has 0 aliphatic rings. The molecule has 150 valence electrons. The lowest BCUT2D eigenvalue weighted by Gasteiger charge is -2.19. The smallest absolute Gasteiger partial charge is 0.164 e. The van der Waals surface area contributed by atoms with E-state index in [0.29, 0.717) is 35.8 Å². The lowest BCUT2D eigenvalue weighted by Crippen LogP contribution is -2.06. The maximum absolute atomic E-state index is 12.9. The zero-order chi connectivity index (χ0) is 20.6. The number of anilines is 1. The Morgan fingerprint density at radius 3 is 2.41 bits per heavy atom. The molecule has 0 radical (unpaired) electrons. The lowest BCUT2D eigenvalue weighted by molar-refractivity contribution is 0.0982. The number of ether oxygens (including phenoxy) is 2. The summed E-state index contributed by atoms with van der Waals surface area (Å²) in [6.07, 6.45) is 0.347. The molecule has 0 bridgehead atoms. The van der Waals surface area contributed by atoms with Gasteiger partial charge in [0.2, 0.25) is 0 Å². The summed E-state index contributed by atoms with van der Waals surface area (Å²) < 4.78 is 11.1. The summed E-state index contributed by atoms with van der Waals surface area (Å²) >= 11 is 1.59. The fourth-order valence-corrected chi connectivity index (χ4v) is 4.22. The van der Waals surface area contributed by atoms with Gasteiger partial charge in [0.05, 0.1) is 13.7 Å². The van der Waals surface area contributed by atoms with Gasteiger partial charge in [-0.15, -0.1) is 11.8 Å². The minimum absolute atomic E-state index is 0.0884. The van der Waals surface area contributed by atoms with Gasteiger partial charge < -0.3 is 15.2 Å². The molecular weight excluding hydrogens is 382 g/mol. The van der Waals surface area contributed by atoms with Crippen LogP contribution in [-0.4, -0.2) is 19.5 Å². The molecule has 0 aliphatic carbocycles. The molecule has 3 aromatic carbocycles. The quantitative estimate of drug-likeness (QED) is 0.277. The van der Waals surface area contributed by atoms with Crippen molar-refractivity contribution in [2.45, 2.75) is 23.5 Å². The van der Waals surface area contributed by atoms with E-state index in [1.807, 2.05) is 79.7 Å². The van der Waals surface area contributed by atoms with Crippen LogP contribution < -0.4 is 15.2 Å². The molecular formula is C24H25NO3S. The Bertz CT molecular complexity index is 959. The standard InChI is InChI=1S/C24H25NO3S/c1-3-28-21-14-13-18(15-22(21)27-2)24(29-23-12-8-7-11-19(23)25)16-20(26)17-9-5-4-6-10-17/h4-15,24H,3,16,25H2,1-2H3. The molecule has 29 heavy (non-hydrogen) atoms. The molecule has 0 amide bonds. The number of benzene rings is 3. The van der Waals surface area contributed by atoms with Gasteiger partial charge in [0.1, 0.15) is 0 Å². The van der Waals surface area contributed by atoms with Crippen molar-refractivity contribution in [2.75, 3.05) is 19.5 Å². The summed E-state index contributed by atoms with van der Waals surface area (Å²) in [4.78, 5) is 13.9. The molecule has 0 heterocycles.